The molecular weight excluding hydrogens is 219 g/mol. The van der Waals surface area contributed by atoms with Gasteiger partial charge in [0, 0.05) is 43.7 Å². The quantitative estimate of drug-likeness (QED) is 0.816. The molecule has 0 fully saturated rings. The molecule has 0 spiro atoms. The highest BCUT2D eigenvalue weighted by molar-refractivity contribution is 5.90. The van der Waals surface area contributed by atoms with Crippen molar-refractivity contribution in [3.8, 4) is 5.75 Å². The second-order valence-corrected chi connectivity index (χ2v) is 4.42. The number of aromatic nitrogens is 1. The SMILES string of the molecule is COc1cc(F)cc2c3c(n(C)c12)CCNC3. The highest BCUT2D eigenvalue weighted by Gasteiger charge is 2.21. The number of hydrogen-bond donors (Lipinski definition) is 1. The summed E-state index contributed by atoms with van der Waals surface area (Å²) in [6.07, 6.45) is 0.977. The predicted octanol–water partition coefficient (Wildman–Crippen LogP) is 1.97. The van der Waals surface area contributed by atoms with Crippen molar-refractivity contribution in [1.82, 2.24) is 9.88 Å². The number of nitrogens with zero attached hydrogens (tertiary/aromatic N) is 1. The second-order valence-electron chi connectivity index (χ2n) is 4.42. The Morgan fingerprint density at radius 1 is 1.41 bits per heavy atom. The van der Waals surface area contributed by atoms with Gasteiger partial charge in [0.2, 0.25) is 0 Å². The van der Waals surface area contributed by atoms with E-state index in [-0.39, 0.29) is 5.82 Å². The second kappa shape index (κ2) is 3.74. The van der Waals surface area contributed by atoms with Gasteiger partial charge in [-0.25, -0.2) is 4.39 Å². The predicted molar refractivity (Wildman–Crippen MR) is 64.8 cm³/mol. The Morgan fingerprint density at radius 2 is 2.24 bits per heavy atom. The third-order valence-electron chi connectivity index (χ3n) is 3.51. The number of aryl methyl sites for hydroxylation is 1. The molecule has 0 amide bonds. The van der Waals surface area contributed by atoms with E-state index in [1.165, 1.54) is 17.3 Å². The molecule has 0 radical (unpaired) electrons. The first-order valence-corrected chi connectivity index (χ1v) is 5.76. The average Bonchev–Trinajstić information content (AvgIpc) is 2.63. The summed E-state index contributed by atoms with van der Waals surface area (Å²) >= 11 is 0. The topological polar surface area (TPSA) is 26.2 Å². The molecule has 1 aliphatic rings. The van der Waals surface area contributed by atoms with Crippen LogP contribution in [0.3, 0.4) is 0 Å². The minimum Gasteiger partial charge on any atom is -0.494 e. The molecule has 17 heavy (non-hydrogen) atoms. The molecule has 0 unspecified atom stereocenters. The van der Waals surface area contributed by atoms with Crippen LogP contribution in [0.2, 0.25) is 0 Å². The largest absolute Gasteiger partial charge is 0.494 e. The minimum absolute atomic E-state index is 0.242. The summed E-state index contributed by atoms with van der Waals surface area (Å²) in [6, 6.07) is 3.05. The van der Waals surface area contributed by atoms with Gasteiger partial charge in [-0.3, -0.25) is 0 Å². The summed E-state index contributed by atoms with van der Waals surface area (Å²) in [7, 11) is 3.60. The third kappa shape index (κ3) is 1.44. The lowest BCUT2D eigenvalue weighted by molar-refractivity contribution is 0.414. The van der Waals surface area contributed by atoms with Gasteiger partial charge in [-0.2, -0.15) is 0 Å². The fourth-order valence-electron chi connectivity index (χ4n) is 2.73. The van der Waals surface area contributed by atoms with Gasteiger partial charge >= 0.3 is 0 Å². The number of ether oxygens (including phenoxy) is 1. The molecule has 1 aromatic heterocycles. The van der Waals surface area contributed by atoms with Crippen LogP contribution in [0.1, 0.15) is 11.3 Å². The summed E-state index contributed by atoms with van der Waals surface area (Å²) in [5, 5.41) is 4.29. The van der Waals surface area contributed by atoms with Crippen molar-refractivity contribution in [1.29, 1.82) is 0 Å². The van der Waals surface area contributed by atoms with Gasteiger partial charge in [0.05, 0.1) is 12.6 Å². The molecule has 0 bridgehead atoms. The van der Waals surface area contributed by atoms with E-state index in [1.54, 1.807) is 13.2 Å². The van der Waals surface area contributed by atoms with Gasteiger partial charge in [0.15, 0.2) is 0 Å². The molecule has 2 heterocycles. The van der Waals surface area contributed by atoms with Gasteiger partial charge in [0.25, 0.3) is 0 Å². The van der Waals surface area contributed by atoms with Crippen LogP contribution < -0.4 is 10.1 Å². The molecular formula is C13H15FN2O. The number of methoxy groups -OCH3 is 1. The van der Waals surface area contributed by atoms with Crippen molar-refractivity contribution in [3.05, 3.63) is 29.2 Å². The molecule has 90 valence electrons. The van der Waals surface area contributed by atoms with Crippen LogP contribution in [0.5, 0.6) is 5.75 Å². The first-order valence-electron chi connectivity index (χ1n) is 5.76. The summed E-state index contributed by atoms with van der Waals surface area (Å²) in [6.45, 7) is 1.78. The fraction of sp³-hybridized carbons (Fsp3) is 0.385. The maximum atomic E-state index is 13.6. The molecule has 0 saturated heterocycles. The Balaban J connectivity index is 2.41. The van der Waals surface area contributed by atoms with Gasteiger partial charge in [-0.15, -0.1) is 0 Å². The first-order chi connectivity index (χ1) is 8.22. The van der Waals surface area contributed by atoms with Crippen molar-refractivity contribution >= 4 is 10.9 Å². The first kappa shape index (κ1) is 10.6. The molecule has 3 nitrogen and oxygen atoms in total. The fourth-order valence-corrected chi connectivity index (χ4v) is 2.73. The maximum absolute atomic E-state index is 13.6. The Morgan fingerprint density at radius 3 is 3.00 bits per heavy atom. The lowest BCUT2D eigenvalue weighted by Gasteiger charge is -2.14. The summed E-state index contributed by atoms with van der Waals surface area (Å²) in [4.78, 5) is 0. The van der Waals surface area contributed by atoms with E-state index in [9.17, 15) is 4.39 Å². The van der Waals surface area contributed by atoms with E-state index in [2.05, 4.69) is 9.88 Å². The van der Waals surface area contributed by atoms with Crippen LogP contribution in [0.25, 0.3) is 10.9 Å². The van der Waals surface area contributed by atoms with E-state index in [4.69, 9.17) is 4.74 Å². The van der Waals surface area contributed by atoms with Gasteiger partial charge in [-0.05, 0) is 11.6 Å². The van der Waals surface area contributed by atoms with E-state index in [0.717, 1.165) is 30.4 Å². The molecule has 1 aromatic carbocycles. The van der Waals surface area contributed by atoms with E-state index in [0.29, 0.717) is 5.75 Å². The van der Waals surface area contributed by atoms with E-state index in [1.807, 2.05) is 7.05 Å². The zero-order chi connectivity index (χ0) is 12.0. The summed E-state index contributed by atoms with van der Waals surface area (Å²) in [5.41, 5.74) is 3.47. The molecule has 3 rings (SSSR count). The molecule has 4 heteroatoms. The van der Waals surface area contributed by atoms with Crippen LogP contribution in [0, 0.1) is 5.82 Å². The Kier molecular flexibility index (Phi) is 2.33. The van der Waals surface area contributed by atoms with Crippen LogP contribution in [-0.2, 0) is 20.0 Å². The number of rotatable bonds is 1. The smallest absolute Gasteiger partial charge is 0.146 e. The summed E-state index contributed by atoms with van der Waals surface area (Å²) in [5.74, 6) is 0.366. The van der Waals surface area contributed by atoms with Crippen molar-refractivity contribution in [2.45, 2.75) is 13.0 Å². The number of fused-ring (bicyclic) bond motifs is 3. The van der Waals surface area contributed by atoms with E-state index < -0.39 is 0 Å². The third-order valence-corrected chi connectivity index (χ3v) is 3.51. The van der Waals surface area contributed by atoms with Gasteiger partial charge in [-0.1, -0.05) is 0 Å². The Hall–Kier alpha value is -1.55. The average molecular weight is 234 g/mol. The minimum atomic E-state index is -0.242. The Labute approximate surface area is 99.2 Å². The molecule has 0 saturated carbocycles. The normalized spacial score (nSPS) is 15.0. The highest BCUT2D eigenvalue weighted by atomic mass is 19.1. The van der Waals surface area contributed by atoms with Crippen molar-refractivity contribution in [2.24, 2.45) is 7.05 Å². The lowest BCUT2D eigenvalue weighted by Crippen LogP contribution is -2.24. The Bertz CT molecular complexity index is 589. The zero-order valence-electron chi connectivity index (χ0n) is 10.0. The molecule has 2 aromatic rings. The number of hydrogen-bond acceptors (Lipinski definition) is 2. The monoisotopic (exact) mass is 234 g/mol. The van der Waals surface area contributed by atoms with Crippen LogP contribution in [0.15, 0.2) is 12.1 Å². The molecule has 0 atom stereocenters. The van der Waals surface area contributed by atoms with Crippen LogP contribution in [-0.4, -0.2) is 18.2 Å². The number of nitrogens with one attached hydrogen (secondary N) is 1. The van der Waals surface area contributed by atoms with Crippen molar-refractivity contribution in [3.63, 3.8) is 0 Å². The highest BCUT2D eigenvalue weighted by Crippen LogP contribution is 2.34. The van der Waals surface area contributed by atoms with Gasteiger partial charge in [0.1, 0.15) is 11.6 Å². The standard InChI is InChI=1S/C13H15FN2O/c1-16-11-3-4-15-7-10(11)9-5-8(14)6-12(17-2)13(9)16/h5-6,15H,3-4,7H2,1-2H3. The zero-order valence-corrected chi connectivity index (χ0v) is 10.0. The molecule has 1 N–H and O–H groups in total. The van der Waals surface area contributed by atoms with Crippen molar-refractivity contribution < 1.29 is 9.13 Å². The maximum Gasteiger partial charge on any atom is 0.146 e. The molecule has 1 aliphatic heterocycles. The van der Waals surface area contributed by atoms with Crippen LogP contribution in [0.4, 0.5) is 4.39 Å². The van der Waals surface area contributed by atoms with Crippen molar-refractivity contribution in [2.75, 3.05) is 13.7 Å². The van der Waals surface area contributed by atoms with E-state index >= 15 is 0 Å². The lowest BCUT2D eigenvalue weighted by atomic mass is 10.1. The van der Waals surface area contributed by atoms with Crippen LogP contribution >= 0.6 is 0 Å². The number of benzene rings is 1. The van der Waals surface area contributed by atoms with Gasteiger partial charge < -0.3 is 14.6 Å². The summed E-state index contributed by atoms with van der Waals surface area (Å²) < 4.78 is 21.0. The molecule has 0 aliphatic carbocycles. The number of halogens is 1.